The van der Waals surface area contributed by atoms with Crippen molar-refractivity contribution in [1.82, 2.24) is 19.5 Å². The fourth-order valence-corrected chi connectivity index (χ4v) is 4.22. The van der Waals surface area contributed by atoms with Crippen LogP contribution in [-0.4, -0.2) is 26.1 Å². The molecule has 156 valence electrons. The van der Waals surface area contributed by atoms with Crippen molar-refractivity contribution < 1.29 is 0 Å². The van der Waals surface area contributed by atoms with E-state index in [4.69, 9.17) is 9.97 Å². The van der Waals surface area contributed by atoms with Crippen LogP contribution >= 0.6 is 0 Å². The van der Waals surface area contributed by atoms with Crippen molar-refractivity contribution in [3.8, 4) is 5.69 Å². The van der Waals surface area contributed by atoms with Crippen molar-refractivity contribution in [1.29, 1.82) is 0 Å². The highest BCUT2D eigenvalue weighted by Crippen LogP contribution is 2.29. The van der Waals surface area contributed by atoms with Crippen molar-refractivity contribution in [3.63, 3.8) is 0 Å². The fourth-order valence-electron chi connectivity index (χ4n) is 4.22. The van der Waals surface area contributed by atoms with Crippen LogP contribution in [0, 0.1) is 0 Å². The van der Waals surface area contributed by atoms with Gasteiger partial charge in [0.05, 0.1) is 0 Å². The number of hydrogen-bond acceptors (Lipinski definition) is 5. The number of aromatic nitrogens is 4. The van der Waals surface area contributed by atoms with E-state index in [0.717, 1.165) is 42.0 Å². The molecule has 5 aromatic rings. The Morgan fingerprint density at radius 2 is 1.47 bits per heavy atom. The minimum atomic E-state index is 0.711. The van der Waals surface area contributed by atoms with Crippen LogP contribution in [0.4, 0.5) is 17.5 Å². The fraction of sp³-hybridized carbons (Fsp3) is 0.115. The summed E-state index contributed by atoms with van der Waals surface area (Å²) >= 11 is 0. The second-order valence-electron chi connectivity index (χ2n) is 7.93. The number of anilines is 3. The Balaban J connectivity index is 1.48. The zero-order valence-corrected chi connectivity index (χ0v) is 17.5. The standard InChI is InChI=1S/C26H22N6/c1-3-11-21(12-4-1)28-24-23-25(32(18-27-23)22-13-5-2-6-14-22)30-26(29-24)31-16-15-19-9-7-8-10-20(19)17-31/h1-14,18H,15-17H2,(H,28,29,30). The van der Waals surface area contributed by atoms with Crippen LogP contribution in [0.5, 0.6) is 0 Å². The molecule has 0 saturated carbocycles. The van der Waals surface area contributed by atoms with Gasteiger partial charge in [-0.05, 0) is 41.8 Å². The summed E-state index contributed by atoms with van der Waals surface area (Å²) in [6, 6.07) is 28.8. The van der Waals surface area contributed by atoms with Crippen LogP contribution in [0.25, 0.3) is 16.9 Å². The predicted octanol–water partition coefficient (Wildman–Crippen LogP) is 5.12. The highest BCUT2D eigenvalue weighted by molar-refractivity contribution is 5.87. The molecule has 1 aliphatic heterocycles. The number of benzene rings is 3. The summed E-state index contributed by atoms with van der Waals surface area (Å²) in [5, 5.41) is 3.46. The maximum atomic E-state index is 4.99. The van der Waals surface area contributed by atoms with Crippen molar-refractivity contribution in [2.75, 3.05) is 16.8 Å². The van der Waals surface area contributed by atoms with Crippen molar-refractivity contribution >= 4 is 28.6 Å². The highest BCUT2D eigenvalue weighted by atomic mass is 15.3. The van der Waals surface area contributed by atoms with Crippen LogP contribution in [0.2, 0.25) is 0 Å². The monoisotopic (exact) mass is 418 g/mol. The molecule has 0 fully saturated rings. The van der Waals surface area contributed by atoms with Gasteiger partial charge < -0.3 is 10.2 Å². The van der Waals surface area contributed by atoms with Gasteiger partial charge in [-0.25, -0.2) is 4.98 Å². The van der Waals surface area contributed by atoms with E-state index in [1.54, 1.807) is 0 Å². The molecular weight excluding hydrogens is 396 g/mol. The number of para-hydroxylation sites is 2. The lowest BCUT2D eigenvalue weighted by Gasteiger charge is -2.29. The summed E-state index contributed by atoms with van der Waals surface area (Å²) in [5.41, 5.74) is 6.27. The summed E-state index contributed by atoms with van der Waals surface area (Å²) < 4.78 is 2.02. The molecule has 6 rings (SSSR count). The van der Waals surface area contributed by atoms with Crippen molar-refractivity contribution in [3.05, 3.63) is 102 Å². The molecule has 0 unspecified atom stereocenters. The zero-order valence-electron chi connectivity index (χ0n) is 17.5. The first-order chi connectivity index (χ1) is 15.8. The van der Waals surface area contributed by atoms with Gasteiger partial charge in [-0.2, -0.15) is 9.97 Å². The number of nitrogens with zero attached hydrogens (tertiary/aromatic N) is 5. The van der Waals surface area contributed by atoms with Crippen LogP contribution < -0.4 is 10.2 Å². The summed E-state index contributed by atoms with van der Waals surface area (Å²) in [6.45, 7) is 1.68. The molecule has 0 saturated heterocycles. The Bertz CT molecular complexity index is 1380. The molecule has 0 spiro atoms. The molecule has 2 aromatic heterocycles. The SMILES string of the molecule is c1ccc(Nc2nc(N3CCc4ccccc4C3)nc3c2ncn3-c2ccccc2)cc1. The van der Waals surface area contributed by atoms with Gasteiger partial charge in [0.2, 0.25) is 5.95 Å². The Morgan fingerprint density at radius 3 is 2.28 bits per heavy atom. The second-order valence-corrected chi connectivity index (χ2v) is 7.93. The third kappa shape index (κ3) is 3.36. The molecule has 0 atom stereocenters. The summed E-state index contributed by atoms with van der Waals surface area (Å²) in [4.78, 5) is 16.8. The lowest BCUT2D eigenvalue weighted by Crippen LogP contribution is -2.32. The van der Waals surface area contributed by atoms with Crippen LogP contribution in [0.15, 0.2) is 91.3 Å². The highest BCUT2D eigenvalue weighted by Gasteiger charge is 2.22. The first-order valence-corrected chi connectivity index (χ1v) is 10.8. The van der Waals surface area contributed by atoms with Gasteiger partial charge in [0.25, 0.3) is 0 Å². The van der Waals surface area contributed by atoms with Gasteiger partial charge in [0, 0.05) is 24.5 Å². The third-order valence-electron chi connectivity index (χ3n) is 5.87. The number of imidazole rings is 1. The molecule has 0 amide bonds. The Labute approximate surface area is 186 Å². The van der Waals surface area contributed by atoms with Gasteiger partial charge in [0.1, 0.15) is 6.33 Å². The van der Waals surface area contributed by atoms with Crippen LogP contribution in [-0.2, 0) is 13.0 Å². The molecule has 1 aliphatic rings. The minimum Gasteiger partial charge on any atom is -0.338 e. The minimum absolute atomic E-state index is 0.711. The molecule has 6 nitrogen and oxygen atoms in total. The molecular formula is C26H22N6. The maximum Gasteiger partial charge on any atom is 0.229 e. The van der Waals surface area contributed by atoms with E-state index in [-0.39, 0.29) is 0 Å². The number of nitrogens with one attached hydrogen (secondary N) is 1. The van der Waals surface area contributed by atoms with E-state index in [0.29, 0.717) is 11.8 Å². The van der Waals surface area contributed by atoms with Gasteiger partial charge in [-0.3, -0.25) is 4.57 Å². The predicted molar refractivity (Wildman–Crippen MR) is 128 cm³/mol. The first kappa shape index (κ1) is 18.6. The summed E-state index contributed by atoms with van der Waals surface area (Å²) in [7, 11) is 0. The van der Waals surface area contributed by atoms with Gasteiger partial charge in [-0.1, -0.05) is 60.7 Å². The molecule has 3 heterocycles. The summed E-state index contributed by atoms with van der Waals surface area (Å²) in [6.07, 6.45) is 2.80. The third-order valence-corrected chi connectivity index (χ3v) is 5.87. The average Bonchev–Trinajstić information content (AvgIpc) is 3.29. The zero-order chi connectivity index (χ0) is 21.3. The van der Waals surface area contributed by atoms with Gasteiger partial charge in [-0.15, -0.1) is 0 Å². The smallest absolute Gasteiger partial charge is 0.229 e. The van der Waals surface area contributed by atoms with Gasteiger partial charge >= 0.3 is 0 Å². The maximum absolute atomic E-state index is 4.99. The Kier molecular flexibility index (Phi) is 4.53. The van der Waals surface area contributed by atoms with Crippen LogP contribution in [0.3, 0.4) is 0 Å². The van der Waals surface area contributed by atoms with Crippen LogP contribution in [0.1, 0.15) is 11.1 Å². The molecule has 1 N–H and O–H groups in total. The number of hydrogen-bond donors (Lipinski definition) is 1. The Morgan fingerprint density at radius 1 is 0.750 bits per heavy atom. The van der Waals surface area contributed by atoms with E-state index in [9.17, 15) is 0 Å². The lowest BCUT2D eigenvalue weighted by atomic mass is 10.0. The van der Waals surface area contributed by atoms with Crippen molar-refractivity contribution in [2.24, 2.45) is 0 Å². The topological polar surface area (TPSA) is 58.9 Å². The van der Waals surface area contributed by atoms with Crippen molar-refractivity contribution in [2.45, 2.75) is 13.0 Å². The van der Waals surface area contributed by atoms with E-state index in [1.165, 1.54) is 11.1 Å². The normalized spacial score (nSPS) is 13.2. The van der Waals surface area contributed by atoms with E-state index in [2.05, 4.69) is 51.6 Å². The molecule has 3 aromatic carbocycles. The molecule has 0 radical (unpaired) electrons. The van der Waals surface area contributed by atoms with E-state index in [1.807, 2.05) is 59.4 Å². The first-order valence-electron chi connectivity index (χ1n) is 10.8. The summed E-state index contributed by atoms with van der Waals surface area (Å²) in [5.74, 6) is 1.42. The largest absolute Gasteiger partial charge is 0.338 e. The van der Waals surface area contributed by atoms with E-state index < -0.39 is 0 Å². The lowest BCUT2D eigenvalue weighted by molar-refractivity contribution is 0.709. The molecule has 6 heteroatoms. The average molecular weight is 419 g/mol. The number of rotatable bonds is 4. The second kappa shape index (κ2) is 7.81. The molecule has 0 bridgehead atoms. The molecule has 32 heavy (non-hydrogen) atoms. The molecule has 0 aliphatic carbocycles. The van der Waals surface area contributed by atoms with E-state index >= 15 is 0 Å². The number of fused-ring (bicyclic) bond motifs is 2. The quantitative estimate of drug-likeness (QED) is 0.439. The Hall–Kier alpha value is -4.19. The van der Waals surface area contributed by atoms with Gasteiger partial charge in [0.15, 0.2) is 17.0 Å².